The standard InChI is InChI=1S/Mg.Mn.Ti.W.Zn.2H/q+2;;;;;2*-1. The predicted octanol–water partition coefficient (Wildman–Crippen LogP) is -0.166. The Bertz CT molecular complexity index is 17.7. The molecule has 0 aromatic rings. The molecule has 0 nitrogen and oxygen atoms in total. The van der Waals surface area contributed by atoms with Gasteiger partial charge in [-0.1, -0.05) is 0 Å². The Labute approximate surface area is 103 Å². The topological polar surface area (TPSA) is 0 Å². The van der Waals surface area contributed by atoms with Crippen molar-refractivity contribution in [3.05, 3.63) is 0 Å². The van der Waals surface area contributed by atoms with Crippen molar-refractivity contribution >= 4 is 23.1 Å². The first-order chi connectivity index (χ1) is 0. The SMILES string of the molecule is [H-].[H-].[Mg+2].[Mn].[Ti].[W].[Zn]. The van der Waals surface area contributed by atoms with Gasteiger partial charge in [-0.25, -0.2) is 0 Å². The Balaban J connectivity index is 0. The van der Waals surface area contributed by atoms with E-state index in [1.54, 1.807) is 0 Å². The molecule has 0 N–H and O–H groups in total. The maximum Gasteiger partial charge on any atom is 2.00 e. The zero-order valence-corrected chi connectivity index (χ0v) is 12.8. The van der Waals surface area contributed by atoms with Crippen LogP contribution in [0, 0.1) is 0 Å². The van der Waals surface area contributed by atoms with Gasteiger partial charge in [-0.05, 0) is 0 Å². The average molecular weight is 378 g/mol. The molecule has 5 heavy (non-hydrogen) atoms. The molecular formula is H2MgMnTiWZn. The van der Waals surface area contributed by atoms with Crippen LogP contribution < -0.4 is 0 Å². The third-order valence-electron chi connectivity index (χ3n) is 0. The van der Waals surface area contributed by atoms with Crippen molar-refractivity contribution in [1.29, 1.82) is 0 Å². The monoisotopic (exact) mass is 377 g/mol. The molecule has 0 saturated heterocycles. The van der Waals surface area contributed by atoms with Crippen molar-refractivity contribution in [2.24, 2.45) is 0 Å². The molecule has 5 heteroatoms. The Kier molecular flexibility index (Phi) is 215. The largest absolute Gasteiger partial charge is 2.00 e. The minimum Gasteiger partial charge on any atom is -1.00 e. The van der Waals surface area contributed by atoms with Gasteiger partial charge in [0.2, 0.25) is 0 Å². The fourth-order valence-corrected chi connectivity index (χ4v) is 0. The smallest absolute Gasteiger partial charge is 1.00 e. The maximum absolute atomic E-state index is 0. The summed E-state index contributed by atoms with van der Waals surface area (Å²) in [6, 6.07) is 0. The van der Waals surface area contributed by atoms with E-state index in [9.17, 15) is 0 Å². The van der Waals surface area contributed by atoms with Crippen LogP contribution in [-0.4, -0.2) is 23.1 Å². The minimum absolute atomic E-state index is 0. The van der Waals surface area contributed by atoms with Gasteiger partial charge in [0.15, 0.2) is 0 Å². The molecule has 1 radical (unpaired) electrons. The Morgan fingerprint density at radius 1 is 1.20 bits per heavy atom. The second-order valence-electron chi connectivity index (χ2n) is 0. The average Bonchev–Trinajstić information content (AvgIpc) is 0. The predicted molar refractivity (Wildman–Crippen MR) is 7.98 cm³/mol. The van der Waals surface area contributed by atoms with Crippen LogP contribution in [0.4, 0.5) is 0 Å². The Hall–Kier alpha value is 3.31. The maximum atomic E-state index is 0. The van der Waals surface area contributed by atoms with E-state index in [-0.39, 0.29) is 105 Å². The molecule has 0 amide bonds. The fourth-order valence-electron chi connectivity index (χ4n) is 0. The van der Waals surface area contributed by atoms with Crippen molar-refractivity contribution in [2.45, 2.75) is 0 Å². The summed E-state index contributed by atoms with van der Waals surface area (Å²) in [4.78, 5) is 0. The number of hydrogen-bond donors (Lipinski definition) is 0. The summed E-state index contributed by atoms with van der Waals surface area (Å²) in [6.07, 6.45) is 0. The van der Waals surface area contributed by atoms with Gasteiger partial charge >= 0.3 is 23.1 Å². The van der Waals surface area contributed by atoms with Gasteiger partial charge in [0.25, 0.3) is 0 Å². The third kappa shape index (κ3) is 18.8. The molecular weight excluding hydrogens is 376 g/mol. The molecule has 0 unspecified atom stereocenters. The number of rotatable bonds is 0. The Morgan fingerprint density at radius 2 is 1.20 bits per heavy atom. The van der Waals surface area contributed by atoms with Gasteiger partial charge in [0.05, 0.1) is 0 Å². The molecule has 0 spiro atoms. The summed E-state index contributed by atoms with van der Waals surface area (Å²) in [5.74, 6) is 0. The van der Waals surface area contributed by atoms with E-state index in [1.807, 2.05) is 0 Å². The first kappa shape index (κ1) is 40.5. The fraction of sp³-hybridized carbons (Fsp3) is 0. The van der Waals surface area contributed by atoms with Crippen LogP contribution >= 0.6 is 0 Å². The molecule has 0 aromatic heterocycles. The van der Waals surface area contributed by atoms with E-state index in [0.29, 0.717) is 0 Å². The second kappa shape index (κ2) is 26.6. The molecule has 0 aliphatic carbocycles. The van der Waals surface area contributed by atoms with Crippen LogP contribution in [0.1, 0.15) is 2.85 Å². The Morgan fingerprint density at radius 3 is 1.20 bits per heavy atom. The van der Waals surface area contributed by atoms with Crippen LogP contribution in [0.3, 0.4) is 0 Å². The van der Waals surface area contributed by atoms with Gasteiger partial charge in [-0.3, -0.25) is 0 Å². The zero-order chi connectivity index (χ0) is 0. The summed E-state index contributed by atoms with van der Waals surface area (Å²) < 4.78 is 0. The van der Waals surface area contributed by atoms with E-state index < -0.39 is 0 Å². The van der Waals surface area contributed by atoms with Crippen LogP contribution in [0.25, 0.3) is 0 Å². The van der Waals surface area contributed by atoms with Crippen molar-refractivity contribution in [3.8, 4) is 0 Å². The number of hydrogen-bond acceptors (Lipinski definition) is 0. The van der Waals surface area contributed by atoms with Crippen LogP contribution in [0.2, 0.25) is 0 Å². The summed E-state index contributed by atoms with van der Waals surface area (Å²) in [5, 5.41) is 0. The summed E-state index contributed by atoms with van der Waals surface area (Å²) in [6.45, 7) is 0. The van der Waals surface area contributed by atoms with Crippen molar-refractivity contribution in [3.63, 3.8) is 0 Å². The molecule has 0 atom stereocenters. The van der Waals surface area contributed by atoms with E-state index in [2.05, 4.69) is 0 Å². The van der Waals surface area contributed by atoms with Gasteiger partial charge < -0.3 is 2.85 Å². The van der Waals surface area contributed by atoms with Crippen molar-refractivity contribution in [2.75, 3.05) is 0 Å². The van der Waals surface area contributed by atoms with E-state index in [0.717, 1.165) is 0 Å². The molecule has 0 heterocycles. The molecule has 0 saturated carbocycles. The molecule has 0 fully saturated rings. The van der Waals surface area contributed by atoms with Crippen molar-refractivity contribution in [1.82, 2.24) is 0 Å². The van der Waals surface area contributed by atoms with Gasteiger partial charge in [-0.2, -0.15) is 0 Å². The quantitative estimate of drug-likeness (QED) is 0.514. The summed E-state index contributed by atoms with van der Waals surface area (Å²) in [5.41, 5.74) is 0. The van der Waals surface area contributed by atoms with Crippen LogP contribution in [-0.2, 0) is 79.3 Å². The molecule has 0 aromatic carbocycles. The molecule has 23 valence electrons. The minimum atomic E-state index is 0. The summed E-state index contributed by atoms with van der Waals surface area (Å²) >= 11 is 0. The van der Waals surface area contributed by atoms with E-state index >= 15 is 0 Å². The molecule has 0 rings (SSSR count). The molecule has 0 aliphatic heterocycles. The first-order valence-corrected chi connectivity index (χ1v) is 0. The van der Waals surface area contributed by atoms with Gasteiger partial charge in [0, 0.05) is 79.3 Å². The third-order valence-corrected chi connectivity index (χ3v) is 0. The zero-order valence-electron chi connectivity index (χ0n) is 4.70. The van der Waals surface area contributed by atoms with E-state index in [1.165, 1.54) is 0 Å². The van der Waals surface area contributed by atoms with Gasteiger partial charge in [-0.15, -0.1) is 0 Å². The van der Waals surface area contributed by atoms with Crippen LogP contribution in [0.5, 0.6) is 0 Å². The second-order valence-corrected chi connectivity index (χ2v) is 0. The van der Waals surface area contributed by atoms with Gasteiger partial charge in [0.1, 0.15) is 0 Å². The normalized spacial score (nSPS) is 0. The van der Waals surface area contributed by atoms with Crippen LogP contribution in [0.15, 0.2) is 0 Å². The summed E-state index contributed by atoms with van der Waals surface area (Å²) in [7, 11) is 0. The first-order valence-electron chi connectivity index (χ1n) is 0. The van der Waals surface area contributed by atoms with E-state index in [4.69, 9.17) is 0 Å². The van der Waals surface area contributed by atoms with Crippen molar-refractivity contribution < 1.29 is 82.2 Å². The molecule has 0 aliphatic rings. The molecule has 0 bridgehead atoms.